The molecule has 0 radical (unpaired) electrons. The Kier molecular flexibility index (Phi) is 4.29. The number of H-pyrrole nitrogens is 1. The van der Waals surface area contributed by atoms with Crippen molar-refractivity contribution in [3.05, 3.63) is 68.9 Å². The number of nitrogens with one attached hydrogen (secondary N) is 2. The first-order chi connectivity index (χ1) is 11.5. The van der Waals surface area contributed by atoms with E-state index in [0.29, 0.717) is 29.7 Å². The third-order valence-electron chi connectivity index (χ3n) is 4.15. The number of fused-ring (bicyclic) bond motifs is 1. The molecule has 0 saturated carbocycles. The number of carbonyl (C=O) groups is 2. The van der Waals surface area contributed by atoms with E-state index in [1.165, 1.54) is 12.1 Å². The zero-order valence-electron chi connectivity index (χ0n) is 13.2. The van der Waals surface area contributed by atoms with Gasteiger partial charge in [0.25, 0.3) is 11.5 Å². The number of hydrogen-bond donors (Lipinski definition) is 2. The van der Waals surface area contributed by atoms with Crippen LogP contribution in [0.3, 0.4) is 0 Å². The minimum atomic E-state index is -0.631. The Hall–Kier alpha value is -2.76. The molecule has 2 N–H and O–H groups in total. The molecule has 0 fully saturated rings. The number of amides is 1. The minimum Gasteiger partial charge on any atom is -0.348 e. The normalized spacial score (nSPS) is 16.6. The largest absolute Gasteiger partial charge is 0.348 e. The fourth-order valence-corrected chi connectivity index (χ4v) is 2.91. The summed E-state index contributed by atoms with van der Waals surface area (Å²) < 4.78 is 13.6. The van der Waals surface area contributed by atoms with Crippen LogP contribution >= 0.6 is 0 Å². The van der Waals surface area contributed by atoms with E-state index in [1.807, 2.05) is 6.92 Å². The first kappa shape index (κ1) is 16.1. The van der Waals surface area contributed by atoms with Crippen molar-refractivity contribution in [2.75, 3.05) is 0 Å². The molecule has 5 nitrogen and oxygen atoms in total. The zero-order valence-corrected chi connectivity index (χ0v) is 13.2. The van der Waals surface area contributed by atoms with Crippen molar-refractivity contribution in [2.24, 2.45) is 5.92 Å². The van der Waals surface area contributed by atoms with Crippen LogP contribution in [0, 0.1) is 11.7 Å². The number of rotatable bonds is 3. The second-order valence-corrected chi connectivity index (χ2v) is 6.12. The fourth-order valence-electron chi connectivity index (χ4n) is 2.91. The van der Waals surface area contributed by atoms with Crippen molar-refractivity contribution in [1.29, 1.82) is 0 Å². The summed E-state index contributed by atoms with van der Waals surface area (Å²) in [6, 6.07) is 7.42. The monoisotopic (exact) mass is 328 g/mol. The summed E-state index contributed by atoms with van der Waals surface area (Å²) in [6.45, 7) is 1.90. The Balaban J connectivity index is 1.83. The van der Waals surface area contributed by atoms with Gasteiger partial charge < -0.3 is 10.3 Å². The Morgan fingerprint density at radius 3 is 2.79 bits per heavy atom. The van der Waals surface area contributed by atoms with E-state index in [4.69, 9.17) is 0 Å². The first-order valence-electron chi connectivity index (χ1n) is 7.76. The molecule has 1 atom stereocenters. The second kappa shape index (κ2) is 6.39. The van der Waals surface area contributed by atoms with Crippen LogP contribution in [0.25, 0.3) is 0 Å². The molecule has 1 aromatic heterocycles. The molecule has 1 aliphatic carbocycles. The molecule has 0 saturated heterocycles. The van der Waals surface area contributed by atoms with Crippen molar-refractivity contribution in [2.45, 2.75) is 26.3 Å². The number of aromatic nitrogens is 1. The maximum Gasteiger partial charge on any atom is 0.261 e. The molecule has 1 heterocycles. The molecule has 24 heavy (non-hydrogen) atoms. The maximum absolute atomic E-state index is 13.6. The van der Waals surface area contributed by atoms with Crippen molar-refractivity contribution >= 4 is 11.7 Å². The SMILES string of the molecule is CC1CC(=O)c2cc(C(=O)NCc3ccccc3F)c(=O)[nH]c2C1. The predicted molar refractivity (Wildman–Crippen MR) is 86.4 cm³/mol. The molecule has 124 valence electrons. The zero-order chi connectivity index (χ0) is 17.3. The van der Waals surface area contributed by atoms with Crippen LogP contribution in [0.15, 0.2) is 35.1 Å². The Labute approximate surface area is 137 Å². The summed E-state index contributed by atoms with van der Waals surface area (Å²) in [5.41, 5.74) is 0.623. The molecule has 1 aromatic carbocycles. The van der Waals surface area contributed by atoms with Gasteiger partial charge in [-0.1, -0.05) is 25.1 Å². The van der Waals surface area contributed by atoms with Crippen LogP contribution in [-0.4, -0.2) is 16.7 Å². The maximum atomic E-state index is 13.6. The summed E-state index contributed by atoms with van der Waals surface area (Å²) in [4.78, 5) is 39.1. The van der Waals surface area contributed by atoms with Gasteiger partial charge in [-0.3, -0.25) is 14.4 Å². The highest BCUT2D eigenvalue weighted by molar-refractivity contribution is 6.01. The molecular weight excluding hydrogens is 311 g/mol. The van der Waals surface area contributed by atoms with Crippen LogP contribution in [0.5, 0.6) is 0 Å². The summed E-state index contributed by atoms with van der Waals surface area (Å²) in [5.74, 6) is -0.973. The number of halogens is 1. The summed E-state index contributed by atoms with van der Waals surface area (Å²) in [5, 5.41) is 2.52. The van der Waals surface area contributed by atoms with E-state index in [2.05, 4.69) is 10.3 Å². The molecule has 1 aliphatic rings. The van der Waals surface area contributed by atoms with Crippen LogP contribution in [-0.2, 0) is 13.0 Å². The smallest absolute Gasteiger partial charge is 0.261 e. The van der Waals surface area contributed by atoms with Gasteiger partial charge in [-0.15, -0.1) is 0 Å². The van der Waals surface area contributed by atoms with E-state index in [9.17, 15) is 18.8 Å². The molecule has 1 unspecified atom stereocenters. The van der Waals surface area contributed by atoms with Crippen LogP contribution in [0.4, 0.5) is 4.39 Å². The number of aromatic amines is 1. The quantitative estimate of drug-likeness (QED) is 0.906. The number of hydrogen-bond acceptors (Lipinski definition) is 3. The molecule has 1 amide bonds. The van der Waals surface area contributed by atoms with Crippen molar-refractivity contribution in [1.82, 2.24) is 10.3 Å². The van der Waals surface area contributed by atoms with Gasteiger partial charge in [-0.05, 0) is 24.5 Å². The van der Waals surface area contributed by atoms with Gasteiger partial charge in [0.05, 0.1) is 0 Å². The van der Waals surface area contributed by atoms with E-state index >= 15 is 0 Å². The number of pyridine rings is 1. The van der Waals surface area contributed by atoms with Gasteiger partial charge in [0.15, 0.2) is 5.78 Å². The van der Waals surface area contributed by atoms with Crippen molar-refractivity contribution < 1.29 is 14.0 Å². The molecule has 0 bridgehead atoms. The molecule has 0 aliphatic heterocycles. The van der Waals surface area contributed by atoms with Crippen molar-refractivity contribution in [3.63, 3.8) is 0 Å². The lowest BCUT2D eigenvalue weighted by molar-refractivity contribution is 0.0948. The summed E-state index contributed by atoms with van der Waals surface area (Å²) >= 11 is 0. The Morgan fingerprint density at radius 2 is 2.04 bits per heavy atom. The number of Topliss-reactive ketones (excluding diaryl/α,β-unsaturated/α-hetero) is 1. The highest BCUT2D eigenvalue weighted by atomic mass is 19.1. The van der Waals surface area contributed by atoms with Crippen LogP contribution in [0.1, 0.15) is 45.3 Å². The standard InChI is InChI=1S/C18H17FN2O3/c1-10-6-15-12(16(22)7-10)8-13(18(24)21-15)17(23)20-9-11-4-2-3-5-14(11)19/h2-5,8,10H,6-7,9H2,1H3,(H,20,23)(H,21,24). The molecular formula is C18H17FN2O3. The van der Waals surface area contributed by atoms with Gasteiger partial charge >= 0.3 is 0 Å². The molecule has 0 spiro atoms. The fraction of sp³-hybridized carbons (Fsp3) is 0.278. The molecule has 3 rings (SSSR count). The van der Waals surface area contributed by atoms with Crippen LogP contribution < -0.4 is 10.9 Å². The van der Waals surface area contributed by atoms with E-state index < -0.39 is 17.3 Å². The van der Waals surface area contributed by atoms with Gasteiger partial charge in [-0.25, -0.2) is 4.39 Å². The van der Waals surface area contributed by atoms with E-state index in [0.717, 1.165) is 0 Å². The Morgan fingerprint density at radius 1 is 1.29 bits per heavy atom. The third kappa shape index (κ3) is 3.13. The average Bonchev–Trinajstić information content (AvgIpc) is 2.53. The van der Waals surface area contributed by atoms with Gasteiger partial charge in [0, 0.05) is 29.8 Å². The van der Waals surface area contributed by atoms with E-state index in [-0.39, 0.29) is 23.8 Å². The average molecular weight is 328 g/mol. The summed E-state index contributed by atoms with van der Waals surface area (Å²) in [6.07, 6.45) is 1.00. The Bertz CT molecular complexity index is 873. The van der Waals surface area contributed by atoms with Crippen LogP contribution in [0.2, 0.25) is 0 Å². The molecule has 2 aromatic rings. The first-order valence-corrected chi connectivity index (χ1v) is 7.76. The third-order valence-corrected chi connectivity index (χ3v) is 4.15. The van der Waals surface area contributed by atoms with Gasteiger partial charge in [-0.2, -0.15) is 0 Å². The highest BCUT2D eigenvalue weighted by Crippen LogP contribution is 2.23. The second-order valence-electron chi connectivity index (χ2n) is 6.12. The van der Waals surface area contributed by atoms with Gasteiger partial charge in [0.1, 0.15) is 11.4 Å². The lowest BCUT2D eigenvalue weighted by Crippen LogP contribution is -2.32. The van der Waals surface area contributed by atoms with Crippen molar-refractivity contribution in [3.8, 4) is 0 Å². The summed E-state index contributed by atoms with van der Waals surface area (Å²) in [7, 11) is 0. The highest BCUT2D eigenvalue weighted by Gasteiger charge is 2.25. The van der Waals surface area contributed by atoms with E-state index in [1.54, 1.807) is 18.2 Å². The predicted octanol–water partition coefficient (Wildman–Crippen LogP) is 2.21. The van der Waals surface area contributed by atoms with Gasteiger partial charge in [0.2, 0.25) is 0 Å². The topological polar surface area (TPSA) is 79.0 Å². The lowest BCUT2D eigenvalue weighted by atomic mass is 9.86. The number of carbonyl (C=O) groups excluding carboxylic acids is 2. The number of benzene rings is 1. The number of ketones is 1. The minimum absolute atomic E-state index is 0.0347. The molecule has 6 heteroatoms. The lowest BCUT2D eigenvalue weighted by Gasteiger charge is -2.20.